The summed E-state index contributed by atoms with van der Waals surface area (Å²) in [5.41, 5.74) is 2.89. The number of fused-ring (bicyclic) bond motifs is 1. The molecule has 0 radical (unpaired) electrons. The van der Waals surface area contributed by atoms with Crippen LogP contribution in [0.3, 0.4) is 0 Å². The third kappa shape index (κ3) is 3.08. The van der Waals surface area contributed by atoms with Gasteiger partial charge >= 0.3 is 0 Å². The summed E-state index contributed by atoms with van der Waals surface area (Å²) in [5, 5.41) is 0. The fourth-order valence-electron chi connectivity index (χ4n) is 2.29. The van der Waals surface area contributed by atoms with Gasteiger partial charge in [-0.1, -0.05) is 22.0 Å². The van der Waals surface area contributed by atoms with Gasteiger partial charge in [-0.25, -0.2) is 0 Å². The third-order valence-electron chi connectivity index (χ3n) is 2.87. The summed E-state index contributed by atoms with van der Waals surface area (Å²) in [6, 6.07) is 6.59. The van der Waals surface area contributed by atoms with Crippen molar-refractivity contribution in [1.82, 2.24) is 0 Å². The van der Waals surface area contributed by atoms with Crippen LogP contribution in [0, 0.1) is 0 Å². The van der Waals surface area contributed by atoms with Crippen LogP contribution in [0.4, 0.5) is 0 Å². The van der Waals surface area contributed by atoms with Gasteiger partial charge in [0, 0.05) is 4.47 Å². The summed E-state index contributed by atoms with van der Waals surface area (Å²) >= 11 is 3.53. The number of halogens is 1. The van der Waals surface area contributed by atoms with Crippen molar-refractivity contribution in [3.8, 4) is 0 Å². The number of aryl methyl sites for hydroxylation is 1. The van der Waals surface area contributed by atoms with Crippen molar-refractivity contribution in [2.75, 3.05) is 0 Å². The number of hydrogen-bond acceptors (Lipinski definition) is 1. The standard InChI is InChI=1S/C14H19BrO/c1-14(2,3)16-13-7-5-10-4-6-12(15)8-11(10)9-13/h4,6,8,13H,5,7,9H2,1-3H3. The van der Waals surface area contributed by atoms with Gasteiger partial charge in [0.05, 0.1) is 11.7 Å². The van der Waals surface area contributed by atoms with Gasteiger partial charge in [0.15, 0.2) is 0 Å². The highest BCUT2D eigenvalue weighted by Gasteiger charge is 2.23. The van der Waals surface area contributed by atoms with Crippen molar-refractivity contribution >= 4 is 15.9 Å². The molecule has 1 atom stereocenters. The van der Waals surface area contributed by atoms with Crippen LogP contribution in [0.25, 0.3) is 0 Å². The molecular formula is C14H19BrO. The van der Waals surface area contributed by atoms with Crippen LogP contribution in [0.2, 0.25) is 0 Å². The molecule has 2 heteroatoms. The zero-order valence-electron chi connectivity index (χ0n) is 10.2. The summed E-state index contributed by atoms with van der Waals surface area (Å²) < 4.78 is 7.23. The molecule has 88 valence electrons. The summed E-state index contributed by atoms with van der Waals surface area (Å²) in [4.78, 5) is 0. The summed E-state index contributed by atoms with van der Waals surface area (Å²) in [6.45, 7) is 6.39. The van der Waals surface area contributed by atoms with Crippen LogP contribution >= 0.6 is 15.9 Å². The minimum Gasteiger partial charge on any atom is -0.372 e. The molecule has 1 nitrogen and oxygen atoms in total. The zero-order chi connectivity index (χ0) is 11.8. The molecule has 0 aromatic heterocycles. The lowest BCUT2D eigenvalue weighted by Gasteiger charge is -2.31. The van der Waals surface area contributed by atoms with Crippen LogP contribution in [0.15, 0.2) is 22.7 Å². The zero-order valence-corrected chi connectivity index (χ0v) is 11.8. The molecule has 0 aliphatic heterocycles. The molecule has 0 saturated heterocycles. The number of rotatable bonds is 1. The van der Waals surface area contributed by atoms with E-state index >= 15 is 0 Å². The Labute approximate surface area is 106 Å². The molecule has 1 aromatic rings. The Hall–Kier alpha value is -0.340. The van der Waals surface area contributed by atoms with Crippen molar-refractivity contribution < 1.29 is 4.74 Å². The van der Waals surface area contributed by atoms with E-state index in [9.17, 15) is 0 Å². The van der Waals surface area contributed by atoms with Crippen LogP contribution < -0.4 is 0 Å². The maximum Gasteiger partial charge on any atom is 0.0625 e. The predicted molar refractivity (Wildman–Crippen MR) is 70.8 cm³/mol. The molecule has 0 N–H and O–H groups in total. The van der Waals surface area contributed by atoms with Crippen LogP contribution in [0.1, 0.15) is 38.3 Å². The highest BCUT2D eigenvalue weighted by Crippen LogP contribution is 2.28. The Morgan fingerprint density at radius 2 is 2.00 bits per heavy atom. The Kier molecular flexibility index (Phi) is 3.41. The largest absolute Gasteiger partial charge is 0.372 e. The molecule has 1 aliphatic carbocycles. The van der Waals surface area contributed by atoms with Crippen molar-refractivity contribution in [3.05, 3.63) is 33.8 Å². The molecule has 0 heterocycles. The minimum atomic E-state index is -0.0335. The van der Waals surface area contributed by atoms with E-state index in [0.717, 1.165) is 19.3 Å². The fraction of sp³-hybridized carbons (Fsp3) is 0.571. The Morgan fingerprint density at radius 3 is 2.69 bits per heavy atom. The third-order valence-corrected chi connectivity index (χ3v) is 3.37. The molecule has 1 unspecified atom stereocenters. The first-order valence-electron chi connectivity index (χ1n) is 5.89. The van der Waals surface area contributed by atoms with E-state index in [4.69, 9.17) is 4.74 Å². The average molecular weight is 283 g/mol. The molecular weight excluding hydrogens is 264 g/mol. The first-order chi connectivity index (χ1) is 7.44. The van der Waals surface area contributed by atoms with Crippen molar-refractivity contribution in [1.29, 1.82) is 0 Å². The number of benzene rings is 1. The lowest BCUT2D eigenvalue weighted by atomic mass is 9.89. The van der Waals surface area contributed by atoms with Crippen LogP contribution in [-0.4, -0.2) is 11.7 Å². The molecule has 2 rings (SSSR count). The first-order valence-corrected chi connectivity index (χ1v) is 6.68. The molecule has 0 fully saturated rings. The lowest BCUT2D eigenvalue weighted by molar-refractivity contribution is -0.0643. The Bertz CT molecular complexity index is 379. The number of hydrogen-bond donors (Lipinski definition) is 0. The summed E-state index contributed by atoms with van der Waals surface area (Å²) in [5.74, 6) is 0. The van der Waals surface area contributed by atoms with Gasteiger partial charge in [-0.15, -0.1) is 0 Å². The van der Waals surface area contributed by atoms with Crippen molar-refractivity contribution in [2.24, 2.45) is 0 Å². The van der Waals surface area contributed by atoms with Crippen LogP contribution in [0.5, 0.6) is 0 Å². The highest BCUT2D eigenvalue weighted by molar-refractivity contribution is 9.10. The van der Waals surface area contributed by atoms with Gasteiger partial charge < -0.3 is 4.74 Å². The normalized spacial score (nSPS) is 20.6. The molecule has 16 heavy (non-hydrogen) atoms. The van der Waals surface area contributed by atoms with Crippen molar-refractivity contribution in [3.63, 3.8) is 0 Å². The van der Waals surface area contributed by atoms with Crippen molar-refractivity contribution in [2.45, 2.75) is 51.7 Å². The Balaban J connectivity index is 2.11. The fourth-order valence-corrected chi connectivity index (χ4v) is 2.70. The van der Waals surface area contributed by atoms with Gasteiger partial charge in [-0.2, -0.15) is 0 Å². The molecule has 1 aromatic carbocycles. The molecule has 1 aliphatic rings. The molecule has 0 amide bonds. The van der Waals surface area contributed by atoms with E-state index in [2.05, 4.69) is 54.9 Å². The molecule has 0 bridgehead atoms. The number of ether oxygens (including phenoxy) is 1. The maximum atomic E-state index is 6.06. The van der Waals surface area contributed by atoms with E-state index < -0.39 is 0 Å². The van der Waals surface area contributed by atoms with E-state index in [1.54, 1.807) is 0 Å². The summed E-state index contributed by atoms with van der Waals surface area (Å²) in [7, 11) is 0. The summed E-state index contributed by atoms with van der Waals surface area (Å²) in [6.07, 6.45) is 3.71. The minimum absolute atomic E-state index is 0.0335. The van der Waals surface area contributed by atoms with E-state index in [1.165, 1.54) is 15.6 Å². The average Bonchev–Trinajstić information content (AvgIpc) is 2.14. The maximum absolute atomic E-state index is 6.06. The second-order valence-electron chi connectivity index (χ2n) is 5.51. The second kappa shape index (κ2) is 4.50. The van der Waals surface area contributed by atoms with Gasteiger partial charge in [-0.05, 0) is 63.3 Å². The SMILES string of the molecule is CC(C)(C)OC1CCc2ccc(Br)cc2C1. The molecule has 0 saturated carbocycles. The van der Waals surface area contributed by atoms with Gasteiger partial charge in [-0.3, -0.25) is 0 Å². The van der Waals surface area contributed by atoms with E-state index in [1.807, 2.05) is 0 Å². The quantitative estimate of drug-likeness (QED) is 0.753. The van der Waals surface area contributed by atoms with Crippen LogP contribution in [-0.2, 0) is 17.6 Å². The van der Waals surface area contributed by atoms with Gasteiger partial charge in [0.2, 0.25) is 0 Å². The second-order valence-corrected chi connectivity index (χ2v) is 6.42. The van der Waals surface area contributed by atoms with Gasteiger partial charge in [0.25, 0.3) is 0 Å². The molecule has 0 spiro atoms. The lowest BCUT2D eigenvalue weighted by Crippen LogP contribution is -2.31. The first kappa shape index (κ1) is 12.1. The van der Waals surface area contributed by atoms with E-state index in [-0.39, 0.29) is 5.60 Å². The smallest absolute Gasteiger partial charge is 0.0625 e. The monoisotopic (exact) mass is 282 g/mol. The predicted octanol–water partition coefficient (Wildman–Crippen LogP) is 4.12. The van der Waals surface area contributed by atoms with E-state index in [0.29, 0.717) is 6.10 Å². The highest BCUT2D eigenvalue weighted by atomic mass is 79.9. The topological polar surface area (TPSA) is 9.23 Å². The van der Waals surface area contributed by atoms with Gasteiger partial charge in [0.1, 0.15) is 0 Å². The Morgan fingerprint density at radius 1 is 1.25 bits per heavy atom.